The van der Waals surface area contributed by atoms with E-state index in [1.54, 1.807) is 30.0 Å². The molecule has 6 aromatic heterocycles. The number of nitrogens with one attached hydrogen (secondary N) is 1. The molecule has 5 nitrogen and oxygen atoms in total. The molecule has 0 amide bonds. The highest BCUT2D eigenvalue weighted by Crippen LogP contribution is 2.16. The lowest BCUT2D eigenvalue weighted by Crippen LogP contribution is -1.68. The predicted octanol–water partition coefficient (Wildman–Crippen LogP) is 5.69. The second kappa shape index (κ2) is 8.25. The topological polar surface area (TPSA) is 67.6 Å². The van der Waals surface area contributed by atoms with Gasteiger partial charge in [0.05, 0.1) is 18.0 Å². The minimum atomic E-state index is 0.706. The Bertz CT molecular complexity index is 1010. The summed E-state index contributed by atoms with van der Waals surface area (Å²) in [5, 5.41) is 5.56. The largest absolute Gasteiger partial charge is 0.446 e. The van der Waals surface area contributed by atoms with E-state index < -0.39 is 0 Å². The molecule has 0 bridgehead atoms. The molecule has 0 fully saturated rings. The third-order valence-electron chi connectivity index (χ3n) is 3.81. The molecule has 0 aliphatic heterocycles. The fourth-order valence-electron chi connectivity index (χ4n) is 2.49. The molecule has 0 unspecified atom stereocenters. The van der Waals surface area contributed by atoms with Gasteiger partial charge in [-0.25, -0.2) is 9.97 Å². The third-order valence-corrected chi connectivity index (χ3v) is 4.65. The molecule has 0 saturated heterocycles. The lowest BCUT2D eigenvalue weighted by Gasteiger charge is -1.82. The summed E-state index contributed by atoms with van der Waals surface area (Å²) >= 11 is 1.68. The molecule has 0 aliphatic carbocycles. The average Bonchev–Trinajstić information content (AvgIpc) is 3.48. The predicted molar refractivity (Wildman–Crippen MR) is 110 cm³/mol. The summed E-state index contributed by atoms with van der Waals surface area (Å²) in [4.78, 5) is 16.3. The number of thiophene rings is 1. The van der Waals surface area contributed by atoms with Gasteiger partial charge in [-0.3, -0.25) is 4.98 Å². The summed E-state index contributed by atoms with van der Waals surface area (Å²) in [7, 11) is 0. The van der Waals surface area contributed by atoms with Gasteiger partial charge in [0.1, 0.15) is 4.83 Å². The Labute approximate surface area is 159 Å². The number of H-pyrrole nitrogens is 1. The van der Waals surface area contributed by atoms with E-state index in [0.717, 1.165) is 15.7 Å². The van der Waals surface area contributed by atoms with E-state index in [4.69, 9.17) is 4.42 Å². The van der Waals surface area contributed by atoms with Gasteiger partial charge in [-0.15, -0.1) is 11.3 Å². The second-order valence-electron chi connectivity index (χ2n) is 5.58. The molecule has 6 heterocycles. The molecule has 0 radical (unpaired) electrons. The van der Waals surface area contributed by atoms with Crippen LogP contribution in [0.1, 0.15) is 0 Å². The van der Waals surface area contributed by atoms with Crippen LogP contribution in [0.4, 0.5) is 0 Å². The number of hydrogen-bond acceptors (Lipinski definition) is 5. The zero-order valence-electron chi connectivity index (χ0n) is 14.3. The Morgan fingerprint density at radius 2 is 1.70 bits per heavy atom. The van der Waals surface area contributed by atoms with Gasteiger partial charge in [-0.05, 0) is 47.8 Å². The number of fused-ring (bicyclic) bond motifs is 3. The normalized spacial score (nSPS) is 10.2. The third kappa shape index (κ3) is 4.19. The van der Waals surface area contributed by atoms with Crippen molar-refractivity contribution in [3.05, 3.63) is 91.2 Å². The van der Waals surface area contributed by atoms with E-state index in [1.165, 1.54) is 10.8 Å². The summed E-state index contributed by atoms with van der Waals surface area (Å²) in [6.45, 7) is 0. The fraction of sp³-hybridized carbons (Fsp3) is 0. The van der Waals surface area contributed by atoms with Crippen molar-refractivity contribution in [2.75, 3.05) is 0 Å². The molecule has 6 aromatic rings. The Morgan fingerprint density at radius 1 is 0.815 bits per heavy atom. The van der Waals surface area contributed by atoms with Crippen molar-refractivity contribution in [3.8, 4) is 0 Å². The van der Waals surface area contributed by atoms with Gasteiger partial charge in [-0.2, -0.15) is 0 Å². The summed E-state index contributed by atoms with van der Waals surface area (Å²) < 4.78 is 5.01. The highest BCUT2D eigenvalue weighted by atomic mass is 32.1. The van der Waals surface area contributed by atoms with Crippen molar-refractivity contribution >= 4 is 43.6 Å². The Morgan fingerprint density at radius 3 is 2.56 bits per heavy atom. The average molecular weight is 372 g/mol. The number of aromatic nitrogens is 4. The van der Waals surface area contributed by atoms with Gasteiger partial charge in [0, 0.05) is 40.9 Å². The van der Waals surface area contributed by atoms with Crippen molar-refractivity contribution in [3.63, 3.8) is 0 Å². The summed E-state index contributed by atoms with van der Waals surface area (Å²) in [5.74, 6) is 0. The number of aromatic amines is 1. The van der Waals surface area contributed by atoms with E-state index in [9.17, 15) is 0 Å². The first kappa shape index (κ1) is 16.9. The van der Waals surface area contributed by atoms with Crippen molar-refractivity contribution in [1.29, 1.82) is 0 Å². The maximum atomic E-state index is 5.01. The van der Waals surface area contributed by atoms with Crippen molar-refractivity contribution < 1.29 is 4.42 Å². The van der Waals surface area contributed by atoms with Gasteiger partial charge in [-0.1, -0.05) is 6.07 Å². The number of nitrogens with zero attached hydrogens (tertiary/aromatic N) is 3. The number of rotatable bonds is 0. The van der Waals surface area contributed by atoms with Crippen molar-refractivity contribution in [2.24, 2.45) is 0 Å². The molecule has 0 atom stereocenters. The Balaban J connectivity index is 0.0000001000. The molecule has 6 heteroatoms. The SMILES string of the molecule is c1cc2cc[nH]c2cn1.c1cnc2occc2c1.c1cnc2sccc2c1. The fourth-order valence-corrected chi connectivity index (χ4v) is 3.23. The first-order valence-corrected chi connectivity index (χ1v) is 9.22. The lowest BCUT2D eigenvalue weighted by atomic mass is 10.3. The van der Waals surface area contributed by atoms with E-state index in [0.29, 0.717) is 5.71 Å². The zero-order valence-corrected chi connectivity index (χ0v) is 15.1. The van der Waals surface area contributed by atoms with E-state index in [-0.39, 0.29) is 0 Å². The van der Waals surface area contributed by atoms with Crippen molar-refractivity contribution in [2.45, 2.75) is 0 Å². The highest BCUT2D eigenvalue weighted by molar-refractivity contribution is 7.16. The first-order valence-electron chi connectivity index (χ1n) is 8.34. The molecule has 6 rings (SSSR count). The van der Waals surface area contributed by atoms with Crippen LogP contribution in [-0.2, 0) is 0 Å². The molecular weight excluding hydrogens is 356 g/mol. The first-order chi connectivity index (χ1) is 13.4. The van der Waals surface area contributed by atoms with Crippen LogP contribution in [0, 0.1) is 0 Å². The van der Waals surface area contributed by atoms with Gasteiger partial charge < -0.3 is 9.40 Å². The quantitative estimate of drug-likeness (QED) is 0.372. The van der Waals surface area contributed by atoms with Crippen molar-refractivity contribution in [1.82, 2.24) is 19.9 Å². The smallest absolute Gasteiger partial charge is 0.225 e. The van der Waals surface area contributed by atoms with E-state index in [2.05, 4.69) is 37.4 Å². The van der Waals surface area contributed by atoms with E-state index in [1.807, 2.05) is 55.0 Å². The van der Waals surface area contributed by atoms with Crippen LogP contribution in [-0.4, -0.2) is 19.9 Å². The van der Waals surface area contributed by atoms with Crippen LogP contribution in [0.2, 0.25) is 0 Å². The number of furan rings is 1. The molecule has 0 spiro atoms. The Hall–Kier alpha value is -3.51. The summed E-state index contributed by atoms with van der Waals surface area (Å²) in [6, 6.07) is 15.8. The zero-order chi connectivity index (χ0) is 18.3. The molecule has 27 heavy (non-hydrogen) atoms. The van der Waals surface area contributed by atoms with Crippen LogP contribution in [0.25, 0.3) is 32.2 Å². The van der Waals surface area contributed by atoms with Crippen LogP contribution < -0.4 is 0 Å². The van der Waals surface area contributed by atoms with Crippen LogP contribution >= 0.6 is 11.3 Å². The van der Waals surface area contributed by atoms with Crippen LogP contribution in [0.5, 0.6) is 0 Å². The maximum Gasteiger partial charge on any atom is 0.225 e. The molecular formula is C21H16N4OS. The molecule has 0 saturated carbocycles. The highest BCUT2D eigenvalue weighted by Gasteiger charge is 1.91. The van der Waals surface area contributed by atoms with Crippen LogP contribution in [0.3, 0.4) is 0 Å². The maximum absolute atomic E-state index is 5.01. The molecule has 0 aromatic carbocycles. The lowest BCUT2D eigenvalue weighted by molar-refractivity contribution is 0.603. The summed E-state index contributed by atoms with van der Waals surface area (Å²) in [6.07, 6.45) is 10.7. The minimum Gasteiger partial charge on any atom is -0.446 e. The molecule has 1 N–H and O–H groups in total. The van der Waals surface area contributed by atoms with Gasteiger partial charge in [0.15, 0.2) is 0 Å². The molecule has 0 aliphatic rings. The number of hydrogen-bond donors (Lipinski definition) is 1. The minimum absolute atomic E-state index is 0.706. The van der Waals surface area contributed by atoms with E-state index >= 15 is 0 Å². The van der Waals surface area contributed by atoms with Crippen LogP contribution in [0.15, 0.2) is 95.6 Å². The van der Waals surface area contributed by atoms with Gasteiger partial charge in [0.25, 0.3) is 0 Å². The van der Waals surface area contributed by atoms with Gasteiger partial charge in [0.2, 0.25) is 5.71 Å². The summed E-state index contributed by atoms with van der Waals surface area (Å²) in [5.41, 5.74) is 1.80. The Kier molecular flexibility index (Phi) is 5.17. The van der Waals surface area contributed by atoms with Gasteiger partial charge >= 0.3 is 0 Å². The standard InChI is InChI=1S/C7H6N2.C7H5NO.C7H5NS/c1-3-8-5-7-6(1)2-4-9-7;2*1-2-6-3-5-9-7(6)8-4-1/h1-5,9H;2*1-5H. The number of pyridine rings is 3. The monoisotopic (exact) mass is 372 g/mol. The molecule has 132 valence electrons. The second-order valence-corrected chi connectivity index (χ2v) is 6.47.